The number of halogens is 11. The van der Waals surface area contributed by atoms with Crippen LogP contribution in [0.15, 0.2) is 80.5 Å². The number of carbonyl (C=O) groups excluding carboxylic acids is 5. The second-order valence-electron chi connectivity index (χ2n) is 33.2. The molecule has 24 nitrogen and oxygen atoms in total. The number of nitrogens with one attached hydrogen (secondary N) is 4. The number of aromatic nitrogens is 1. The number of aryl methyl sites for hydroxylation is 1. The summed E-state index contributed by atoms with van der Waals surface area (Å²) in [7, 11) is 3.62. The monoisotopic (exact) mass is 2040 g/mol. The Morgan fingerprint density at radius 3 is 1.16 bits per heavy atom. The molecule has 12 rings (SSSR count). The molecular weight excluding hydrogens is 1920 g/mol. The van der Waals surface area contributed by atoms with Crippen LogP contribution in [0.4, 0.5) is 42.1 Å². The highest BCUT2D eigenvalue weighted by Gasteiger charge is 2.64. The Morgan fingerprint density at radius 1 is 0.516 bits per heavy atom. The van der Waals surface area contributed by atoms with Crippen molar-refractivity contribution in [2.45, 2.75) is 289 Å². The van der Waals surface area contributed by atoms with Crippen LogP contribution in [-0.4, -0.2) is 141 Å². The molecule has 0 bridgehead atoms. The van der Waals surface area contributed by atoms with Crippen molar-refractivity contribution in [3.05, 3.63) is 185 Å². The number of alkyl halides is 3. The molecule has 700 valence electrons. The van der Waals surface area contributed by atoms with Crippen molar-refractivity contribution >= 4 is 135 Å². The minimum Gasteiger partial charge on any atom is -0.468 e. The number of benzene rings is 5. The lowest BCUT2D eigenvalue weighted by Crippen LogP contribution is -2.44. The molecule has 0 unspecified atom stereocenters. The maximum absolute atomic E-state index is 14.9. The highest BCUT2D eigenvalue weighted by Crippen LogP contribution is 2.44. The van der Waals surface area contributed by atoms with Gasteiger partial charge in [-0.15, -0.1) is 12.4 Å². The van der Waals surface area contributed by atoms with Crippen molar-refractivity contribution in [3.8, 4) is 0 Å². The zero-order valence-electron chi connectivity index (χ0n) is 72.3. The summed E-state index contributed by atoms with van der Waals surface area (Å²) >= 11 is 8.38. The quantitative estimate of drug-likeness (QED) is 0.0147. The van der Waals surface area contributed by atoms with Gasteiger partial charge in [-0.05, 0) is 244 Å². The molecule has 126 heavy (non-hydrogen) atoms. The molecule has 5 atom stereocenters. The Kier molecular flexibility index (Phi) is 41.8. The van der Waals surface area contributed by atoms with E-state index in [-0.39, 0.29) is 110 Å². The predicted molar refractivity (Wildman–Crippen MR) is 494 cm³/mol. The number of ether oxygens (including phenoxy) is 6. The van der Waals surface area contributed by atoms with Gasteiger partial charge in [0.2, 0.25) is 0 Å². The number of fused-ring (bicyclic) bond motifs is 3. The van der Waals surface area contributed by atoms with Gasteiger partial charge >= 0.3 is 45.2 Å². The fourth-order valence-corrected chi connectivity index (χ4v) is 15.1. The topological polar surface area (TPSA) is 292 Å². The lowest BCUT2D eigenvalue weighted by atomic mass is 9.49. The van der Waals surface area contributed by atoms with Crippen LogP contribution < -0.4 is 38.0 Å². The summed E-state index contributed by atoms with van der Waals surface area (Å²) in [5.74, 6) is -8.04. The molecule has 3 saturated heterocycles. The Balaban J connectivity index is 0.000000425. The van der Waals surface area contributed by atoms with Gasteiger partial charge in [0.25, 0.3) is 17.4 Å². The molecule has 6 aliphatic heterocycles. The number of pyridine rings is 1. The van der Waals surface area contributed by atoms with Gasteiger partial charge in [0, 0.05) is 58.0 Å². The van der Waals surface area contributed by atoms with Gasteiger partial charge in [-0.25, -0.2) is 27.2 Å². The lowest BCUT2D eigenvalue weighted by Gasteiger charge is -2.32. The number of hydrogen-bond donors (Lipinski definition) is 5. The van der Waals surface area contributed by atoms with Crippen LogP contribution in [0.25, 0.3) is 0 Å². The zero-order chi connectivity index (χ0) is 90.3. The molecule has 3 fully saturated rings. The molecule has 5 aromatic carbocycles. The van der Waals surface area contributed by atoms with Crippen LogP contribution in [0.5, 0.6) is 0 Å². The summed E-state index contributed by atoms with van der Waals surface area (Å²) in [5, 5.41) is 10.8. The smallest absolute Gasteiger partial charge is 0.468 e. The van der Waals surface area contributed by atoms with Gasteiger partial charge < -0.3 is 87.9 Å². The first-order chi connectivity index (χ1) is 56.3. The van der Waals surface area contributed by atoms with E-state index in [0.717, 1.165) is 108 Å². The number of rotatable bonds is 21. The van der Waals surface area contributed by atoms with Crippen molar-refractivity contribution in [1.82, 2.24) is 15.2 Å². The summed E-state index contributed by atoms with van der Waals surface area (Å²) in [6, 6.07) is 13.6. The van der Waals surface area contributed by atoms with E-state index in [4.69, 9.17) is 57.3 Å². The first-order valence-corrected chi connectivity index (χ1v) is 42.0. The van der Waals surface area contributed by atoms with Crippen LogP contribution in [0.1, 0.15) is 235 Å². The second-order valence-corrected chi connectivity index (χ2v) is 36.0. The standard InChI is InChI=1S/C29H37BF2N2O6.C23H25BrF2N2O4.C12H24B2O4.C12H14BrNO3.C8H7F3INO.4CH4.ClH/c1-8-16(2)33-18-12-22(31)25(23(32)13-18)26(35)34-24(27(36)37-7)11-17-9-10-21(20-15-38-14-19(17)20)30-39-28(3,4)29(5,6)40-30;1-4-12(2)27-14-8-18(25)21(19(26)9-14)22(29)28-20(23(30)31-3)7-13-5-6-17(24)16-11-32-10-15(13)16;1-9(2)10(3,4)16-13(15-9)14-17-11(5,6)12(7,8)18-14;1-16-12(15)11(14)4-7-2-3-10(13)9-6-17-5-8(7)9;1-4-3-5(8(9,10)11)6(12)7(14)13(4)2;;;;;/h9-10,12-13,16,24,33H,8,11,14-15H2,1-7H3,(H,34,35);5-6,8-9,12,20,27H,4,7,10-11H2,1-3H3,(H,28,29);1-8H3;2-3,11H,4-6,14H2,1H3;3H,1-2H3;4*1H4;1H/t16-,24-;12-,20-;;11-;;;;;;/m00.0....../s1. The van der Waals surface area contributed by atoms with E-state index in [0.29, 0.717) is 51.8 Å². The number of carbonyl (C=O) groups is 5. The van der Waals surface area contributed by atoms with Crippen LogP contribution in [-0.2, 0) is 143 Å². The number of methoxy groups -OCH3 is 3. The lowest BCUT2D eigenvalue weighted by molar-refractivity contribution is -0.143. The Bertz CT molecular complexity index is 4750. The van der Waals surface area contributed by atoms with E-state index >= 15 is 0 Å². The summed E-state index contributed by atoms with van der Waals surface area (Å²) in [5.41, 5.74) is 10.4. The fraction of sp³-hybridized carbons (Fsp3) is 0.545. The van der Waals surface area contributed by atoms with E-state index in [1.165, 1.54) is 62.5 Å². The summed E-state index contributed by atoms with van der Waals surface area (Å²) < 4.78 is 166. The molecule has 0 saturated carbocycles. The summed E-state index contributed by atoms with van der Waals surface area (Å²) in [6.07, 6.45) is -2.35. The van der Waals surface area contributed by atoms with E-state index < -0.39 is 126 Å². The third-order valence-corrected chi connectivity index (χ3v) is 25.7. The van der Waals surface area contributed by atoms with Crippen molar-refractivity contribution in [3.63, 3.8) is 0 Å². The third kappa shape index (κ3) is 26.8. The van der Waals surface area contributed by atoms with Crippen molar-refractivity contribution < 1.29 is 111 Å². The fourth-order valence-electron chi connectivity index (χ4n) is 13.3. The van der Waals surface area contributed by atoms with Gasteiger partial charge in [0.1, 0.15) is 52.5 Å². The van der Waals surface area contributed by atoms with Gasteiger partial charge in [-0.2, -0.15) is 13.2 Å². The van der Waals surface area contributed by atoms with Crippen LogP contribution in [0.2, 0.25) is 0 Å². The van der Waals surface area contributed by atoms with E-state index in [1.807, 2.05) is 147 Å². The normalized spacial score (nSPS) is 17.6. The van der Waals surface area contributed by atoms with Gasteiger partial charge in [-0.3, -0.25) is 19.2 Å². The third-order valence-electron chi connectivity index (χ3n) is 23.1. The van der Waals surface area contributed by atoms with Crippen LogP contribution in [0, 0.1) is 33.8 Å². The van der Waals surface area contributed by atoms with Crippen molar-refractivity contribution in [2.24, 2.45) is 12.8 Å². The number of esters is 3. The summed E-state index contributed by atoms with van der Waals surface area (Å²) in [6.45, 7) is 35.8. The SMILES string of the molecule is C.C.C.C.CC1(C)OB(B2OC(C)(C)C(C)(C)O2)OC1(C)C.CC[C@H](C)Nc1cc(F)c(C(=O)N[C@@H](Cc2ccc(B3OC(C)(C)C(C)(C)O3)c3c2COC3)C(=O)OC)c(F)c1.CC[C@H](C)Nc1cc(F)c(C(=O)N[C@@H](Cc2ccc(Br)c3c2COC3)C(=O)OC)c(F)c1.COC(=O)[C@@H](N)Cc1ccc(Br)c2c1COC2.Cc1cc(C(F)(F)F)c(I)c(=O)n1C.Cl. The zero-order valence-corrected chi connectivity index (χ0v) is 78.5. The van der Waals surface area contributed by atoms with Gasteiger partial charge in [-0.1, -0.05) is 99.7 Å². The Morgan fingerprint density at radius 2 is 0.825 bits per heavy atom. The molecule has 0 spiro atoms. The van der Waals surface area contributed by atoms with Gasteiger partial charge in [0.05, 0.1) is 104 Å². The first kappa shape index (κ1) is 113. The van der Waals surface area contributed by atoms with Gasteiger partial charge in [0.15, 0.2) is 0 Å². The minimum absolute atomic E-state index is 0. The molecule has 0 radical (unpaired) electrons. The molecule has 38 heteroatoms. The number of anilines is 2. The first-order valence-electron chi connectivity index (χ1n) is 39.4. The molecule has 6 aliphatic rings. The summed E-state index contributed by atoms with van der Waals surface area (Å²) in [4.78, 5) is 73.4. The number of nitrogens with two attached hydrogens (primary N) is 1. The molecule has 6 N–H and O–H groups in total. The van der Waals surface area contributed by atoms with E-state index in [2.05, 4.69) is 57.9 Å². The number of hydrogen-bond acceptors (Lipinski definition) is 21. The van der Waals surface area contributed by atoms with E-state index in [1.54, 1.807) is 0 Å². The highest BCUT2D eigenvalue weighted by molar-refractivity contribution is 14.1. The molecule has 1 aromatic heterocycles. The highest BCUT2D eigenvalue weighted by atomic mass is 127. The number of nitrogens with zero attached hydrogens (tertiary/aromatic N) is 1. The molecule has 7 heterocycles. The number of amides is 2. The average molecular weight is 2040 g/mol. The Labute approximate surface area is 774 Å². The second kappa shape index (κ2) is 46.4. The minimum atomic E-state index is -4.46. The van der Waals surface area contributed by atoms with Crippen molar-refractivity contribution in [1.29, 1.82) is 0 Å². The average Bonchev–Trinajstić information content (AvgIpc) is 1.60. The molecular formula is C88H124B3Br2ClF7IN6O18. The van der Waals surface area contributed by atoms with Crippen LogP contribution >= 0.6 is 66.9 Å². The van der Waals surface area contributed by atoms with Crippen molar-refractivity contribution in [2.75, 3.05) is 32.0 Å². The molecule has 2 amide bonds. The largest absolute Gasteiger partial charge is 0.495 e. The predicted octanol–water partition coefficient (Wildman–Crippen LogP) is 17.6. The van der Waals surface area contributed by atoms with E-state index in [9.17, 15) is 59.5 Å². The molecule has 0 aliphatic carbocycles. The maximum atomic E-state index is 14.9. The molecule has 6 aromatic rings. The Hall–Kier alpha value is -6.72. The van der Waals surface area contributed by atoms with Crippen LogP contribution in [0.3, 0.4) is 0 Å². The maximum Gasteiger partial charge on any atom is 0.495 e.